The van der Waals surface area contributed by atoms with E-state index in [1.165, 1.54) is 6.92 Å². The number of nitrogens with zero attached hydrogens (tertiary/aromatic N) is 1. The molecule has 0 unspecified atom stereocenters. The molecule has 0 aromatic heterocycles. The van der Waals surface area contributed by atoms with Gasteiger partial charge in [-0.25, -0.2) is 0 Å². The summed E-state index contributed by atoms with van der Waals surface area (Å²) < 4.78 is 5.08. The van der Waals surface area contributed by atoms with Gasteiger partial charge in [0.05, 0.1) is 6.10 Å². The third kappa shape index (κ3) is 2.55. The first kappa shape index (κ1) is 20.6. The zero-order valence-electron chi connectivity index (χ0n) is 18.3. The van der Waals surface area contributed by atoms with E-state index < -0.39 is 23.0 Å². The van der Waals surface area contributed by atoms with Crippen molar-refractivity contribution in [2.75, 3.05) is 6.61 Å². The van der Waals surface area contributed by atoms with Crippen LogP contribution in [-0.2, 0) is 19.1 Å². The number of nitrogens with one attached hydrogen (secondary N) is 1. The smallest absolute Gasteiger partial charge is 0.303 e. The number of aliphatic hydroxyl groups is 1. The van der Waals surface area contributed by atoms with Gasteiger partial charge in [0.25, 0.3) is 0 Å². The minimum absolute atomic E-state index is 0.00584. The van der Waals surface area contributed by atoms with Crippen LogP contribution in [0.2, 0.25) is 0 Å². The number of carbonyl (C=O) groups is 3. The maximum Gasteiger partial charge on any atom is 0.303 e. The van der Waals surface area contributed by atoms with Crippen LogP contribution in [0, 0.1) is 34.5 Å². The summed E-state index contributed by atoms with van der Waals surface area (Å²) in [6.45, 7) is 5.25. The Morgan fingerprint density at radius 2 is 2.13 bits per heavy atom. The van der Waals surface area contributed by atoms with Crippen molar-refractivity contribution < 1.29 is 24.2 Å². The molecule has 3 fully saturated rings. The summed E-state index contributed by atoms with van der Waals surface area (Å²) in [5.41, 5.74) is 2.42. The molecule has 0 radical (unpaired) electrons. The van der Waals surface area contributed by atoms with Crippen molar-refractivity contribution in [3.63, 3.8) is 0 Å². The third-order valence-corrected chi connectivity index (χ3v) is 9.19. The summed E-state index contributed by atoms with van der Waals surface area (Å²) in [6.07, 6.45) is 9.57. The summed E-state index contributed by atoms with van der Waals surface area (Å²) in [5.74, 6) is -0.278. The van der Waals surface area contributed by atoms with Crippen LogP contribution in [0.4, 0.5) is 0 Å². The number of ketones is 2. The molecule has 0 aromatic carbocycles. The lowest BCUT2D eigenvalue weighted by molar-refractivity contribution is -0.156. The molecule has 8 atom stereocenters. The van der Waals surface area contributed by atoms with Gasteiger partial charge in [-0.15, -0.1) is 0 Å². The summed E-state index contributed by atoms with van der Waals surface area (Å²) in [6, 6.07) is 0. The van der Waals surface area contributed by atoms with E-state index in [2.05, 4.69) is 24.4 Å². The van der Waals surface area contributed by atoms with Gasteiger partial charge in [-0.2, -0.15) is 5.10 Å². The highest BCUT2D eigenvalue weighted by atomic mass is 16.5. The van der Waals surface area contributed by atoms with Gasteiger partial charge in [-0.05, 0) is 49.7 Å². The third-order valence-electron chi connectivity index (χ3n) is 9.19. The second-order valence-electron chi connectivity index (χ2n) is 10.5. The molecule has 2 N–H and O–H groups in total. The molecule has 0 bridgehead atoms. The Balaban J connectivity index is 1.53. The highest BCUT2D eigenvalue weighted by Crippen LogP contribution is 2.68. The van der Waals surface area contributed by atoms with Crippen molar-refractivity contribution in [3.05, 3.63) is 23.8 Å². The van der Waals surface area contributed by atoms with Crippen molar-refractivity contribution >= 4 is 23.8 Å². The van der Waals surface area contributed by atoms with Crippen LogP contribution in [0.5, 0.6) is 0 Å². The van der Waals surface area contributed by atoms with Crippen LogP contribution in [0.1, 0.15) is 46.5 Å². The molecule has 0 aromatic rings. The minimum atomic E-state index is -0.964. The zero-order chi connectivity index (χ0) is 22.2. The van der Waals surface area contributed by atoms with Crippen molar-refractivity contribution in [2.24, 2.45) is 39.6 Å². The van der Waals surface area contributed by atoms with Gasteiger partial charge in [0.2, 0.25) is 0 Å². The maximum absolute atomic E-state index is 13.4. The van der Waals surface area contributed by atoms with Crippen LogP contribution in [0.25, 0.3) is 0 Å². The number of hydrogen-bond donors (Lipinski definition) is 2. The lowest BCUT2D eigenvalue weighted by Gasteiger charge is -2.60. The van der Waals surface area contributed by atoms with E-state index in [0.717, 1.165) is 24.8 Å². The van der Waals surface area contributed by atoms with E-state index in [1.54, 1.807) is 12.2 Å². The van der Waals surface area contributed by atoms with E-state index in [4.69, 9.17) is 4.74 Å². The molecule has 0 spiro atoms. The van der Waals surface area contributed by atoms with Crippen LogP contribution in [0.3, 0.4) is 0 Å². The quantitative estimate of drug-likeness (QED) is 0.669. The first-order chi connectivity index (χ1) is 14.6. The number of esters is 1. The molecule has 1 heterocycles. The fourth-order valence-electron chi connectivity index (χ4n) is 7.92. The normalized spacial score (nSPS) is 46.9. The van der Waals surface area contributed by atoms with Gasteiger partial charge in [-0.1, -0.05) is 25.5 Å². The average Bonchev–Trinajstić information content (AvgIpc) is 3.23. The van der Waals surface area contributed by atoms with Crippen LogP contribution in [0.15, 0.2) is 28.9 Å². The monoisotopic (exact) mass is 426 g/mol. The summed E-state index contributed by atoms with van der Waals surface area (Å²) in [5, 5.41) is 15.8. The highest BCUT2D eigenvalue weighted by Gasteiger charge is 2.72. The zero-order valence-corrected chi connectivity index (χ0v) is 18.3. The second kappa shape index (κ2) is 6.61. The lowest BCUT2D eigenvalue weighted by atomic mass is 9.46. The first-order valence-electron chi connectivity index (χ1n) is 11.2. The number of carbonyl (C=O) groups excluding carboxylic acids is 3. The van der Waals surface area contributed by atoms with Gasteiger partial charge >= 0.3 is 5.97 Å². The van der Waals surface area contributed by atoms with Crippen molar-refractivity contribution in [1.29, 1.82) is 0 Å². The molecule has 5 rings (SSSR count). The van der Waals surface area contributed by atoms with Gasteiger partial charge in [0.1, 0.15) is 5.54 Å². The molecule has 0 amide bonds. The Bertz CT molecular complexity index is 954. The van der Waals surface area contributed by atoms with Crippen molar-refractivity contribution in [3.8, 4) is 0 Å². The summed E-state index contributed by atoms with van der Waals surface area (Å²) in [4.78, 5) is 36.8. The molecule has 7 heteroatoms. The molecule has 5 aliphatic rings. The van der Waals surface area contributed by atoms with E-state index in [-0.39, 0.29) is 47.3 Å². The van der Waals surface area contributed by atoms with Gasteiger partial charge in [0.15, 0.2) is 18.2 Å². The van der Waals surface area contributed by atoms with E-state index in [9.17, 15) is 19.5 Å². The number of allylic oxidation sites excluding steroid dienone is 4. The first-order valence-corrected chi connectivity index (χ1v) is 11.2. The Hall–Kier alpha value is -2.28. The molecular formula is C24H30N2O5. The number of hydrazone groups is 1. The van der Waals surface area contributed by atoms with Crippen LogP contribution in [-0.4, -0.2) is 47.1 Å². The molecule has 31 heavy (non-hydrogen) atoms. The number of Topliss-reactive ketones (excluding diaryl/α,β-unsaturated/α-hetero) is 1. The summed E-state index contributed by atoms with van der Waals surface area (Å²) in [7, 11) is 0. The maximum atomic E-state index is 13.4. The summed E-state index contributed by atoms with van der Waals surface area (Å²) >= 11 is 0. The fraction of sp³-hybridized carbons (Fsp3) is 0.667. The molecule has 1 aliphatic heterocycles. The standard InChI is InChI=1S/C24H30N2O5/c1-13(27)31-12-20(30)24-15(11-25-26-24)9-18-17-5-4-14-8-16(28)6-7-22(14,2)21(17)19(29)10-23(18,24)3/h6-8,11,15,17-19,21,26,29H,4-5,9-10,12H2,1-3H3/t15-,17-,18-,19-,21+,22-,23-,24-/m0/s1. The van der Waals surface area contributed by atoms with E-state index in [1.807, 2.05) is 12.3 Å². The van der Waals surface area contributed by atoms with Gasteiger partial charge in [-0.3, -0.25) is 19.8 Å². The number of ether oxygens (including phenoxy) is 1. The van der Waals surface area contributed by atoms with Crippen molar-refractivity contribution in [2.45, 2.75) is 58.1 Å². The number of fused-ring (bicyclic) bond motifs is 7. The molecule has 3 saturated carbocycles. The average molecular weight is 427 g/mol. The minimum Gasteiger partial charge on any atom is -0.458 e. The van der Waals surface area contributed by atoms with E-state index >= 15 is 0 Å². The number of hydrogen-bond acceptors (Lipinski definition) is 7. The van der Waals surface area contributed by atoms with E-state index in [0.29, 0.717) is 6.42 Å². The van der Waals surface area contributed by atoms with Gasteiger partial charge < -0.3 is 9.84 Å². The Kier molecular flexibility index (Phi) is 4.39. The predicted octanol–water partition coefficient (Wildman–Crippen LogP) is 1.95. The second-order valence-corrected chi connectivity index (χ2v) is 10.5. The van der Waals surface area contributed by atoms with Crippen LogP contribution < -0.4 is 5.43 Å². The van der Waals surface area contributed by atoms with Crippen molar-refractivity contribution in [1.82, 2.24) is 5.43 Å². The molecule has 7 nitrogen and oxygen atoms in total. The topological polar surface area (TPSA) is 105 Å². The predicted molar refractivity (Wildman–Crippen MR) is 113 cm³/mol. The number of aliphatic hydroxyl groups excluding tert-OH is 1. The molecule has 166 valence electrons. The SMILES string of the molecule is CC(=O)OCC(=O)[C@@]12NN=C[C@@H]1C[C@H]1[C@@H]3CCC4=CC(=O)C=C[C@]4(C)[C@H]3[C@@H](O)C[C@@]12C. The largest absolute Gasteiger partial charge is 0.458 e. The lowest BCUT2D eigenvalue weighted by Crippen LogP contribution is -2.66. The Labute approximate surface area is 182 Å². The Morgan fingerprint density at radius 1 is 1.35 bits per heavy atom. The fourth-order valence-corrected chi connectivity index (χ4v) is 7.92. The van der Waals surface area contributed by atoms with Gasteiger partial charge in [0, 0.05) is 35.8 Å². The highest BCUT2D eigenvalue weighted by molar-refractivity contribution is 6.01. The molecule has 4 aliphatic carbocycles. The Morgan fingerprint density at radius 3 is 2.87 bits per heavy atom. The number of rotatable bonds is 3. The van der Waals surface area contributed by atoms with Crippen LogP contribution >= 0.6 is 0 Å². The molecular weight excluding hydrogens is 396 g/mol. The molecule has 0 saturated heterocycles.